The van der Waals surface area contributed by atoms with Gasteiger partial charge in [0.1, 0.15) is 5.75 Å². The minimum absolute atomic E-state index is 0.141. The summed E-state index contributed by atoms with van der Waals surface area (Å²) in [6, 6.07) is 14.7. The predicted molar refractivity (Wildman–Crippen MR) is 85.7 cm³/mol. The Morgan fingerprint density at radius 3 is 2.67 bits per heavy atom. The average molecular weight is 323 g/mol. The Kier molecular flexibility index (Phi) is 5.96. The maximum atomic E-state index is 11.0. The van der Waals surface area contributed by atoms with Gasteiger partial charge in [-0.2, -0.15) is 0 Å². The van der Waals surface area contributed by atoms with Crippen molar-refractivity contribution in [2.24, 2.45) is 0 Å². The van der Waals surface area contributed by atoms with Gasteiger partial charge in [0.05, 0.1) is 17.2 Å². The molecule has 0 aliphatic carbocycles. The van der Waals surface area contributed by atoms with Gasteiger partial charge in [-0.1, -0.05) is 29.8 Å². The second kappa shape index (κ2) is 7.96. The maximum absolute atomic E-state index is 11.0. The zero-order valence-electron chi connectivity index (χ0n) is 11.3. The summed E-state index contributed by atoms with van der Waals surface area (Å²) < 4.78 is 5.60. The minimum Gasteiger partial charge on any atom is -0.494 e. The van der Waals surface area contributed by atoms with Crippen molar-refractivity contribution in [3.63, 3.8) is 0 Å². The topological polar surface area (TPSA) is 46.5 Å². The van der Waals surface area contributed by atoms with Crippen molar-refractivity contribution in [3.05, 3.63) is 59.1 Å². The molecule has 0 bridgehead atoms. The van der Waals surface area contributed by atoms with Crippen LogP contribution in [0.3, 0.4) is 0 Å². The van der Waals surface area contributed by atoms with Gasteiger partial charge in [0.25, 0.3) is 0 Å². The van der Waals surface area contributed by atoms with Gasteiger partial charge in [0.2, 0.25) is 0 Å². The van der Waals surface area contributed by atoms with Crippen molar-refractivity contribution in [1.29, 1.82) is 0 Å². The molecule has 0 amide bonds. The number of carbonyl (C=O) groups is 1. The Morgan fingerprint density at radius 1 is 1.19 bits per heavy atom. The van der Waals surface area contributed by atoms with Crippen molar-refractivity contribution in [2.45, 2.75) is 11.3 Å². The van der Waals surface area contributed by atoms with Gasteiger partial charge in [-0.15, -0.1) is 11.8 Å². The van der Waals surface area contributed by atoms with E-state index in [-0.39, 0.29) is 10.6 Å². The molecule has 0 unspecified atom stereocenters. The number of para-hydroxylation sites is 1. The van der Waals surface area contributed by atoms with E-state index in [9.17, 15) is 4.79 Å². The first-order chi connectivity index (χ1) is 10.2. The first-order valence-electron chi connectivity index (χ1n) is 6.50. The van der Waals surface area contributed by atoms with Crippen LogP contribution in [0.15, 0.2) is 53.4 Å². The van der Waals surface area contributed by atoms with Crippen LogP contribution in [0.4, 0.5) is 0 Å². The molecule has 110 valence electrons. The average Bonchev–Trinajstić information content (AvgIpc) is 2.49. The zero-order valence-corrected chi connectivity index (χ0v) is 12.9. The summed E-state index contributed by atoms with van der Waals surface area (Å²) in [5.74, 6) is 0.713. The summed E-state index contributed by atoms with van der Waals surface area (Å²) in [5.41, 5.74) is 0.141. The lowest BCUT2D eigenvalue weighted by Gasteiger charge is -2.06. The lowest BCUT2D eigenvalue weighted by Crippen LogP contribution is -1.99. The largest absolute Gasteiger partial charge is 0.494 e. The molecule has 0 saturated heterocycles. The van der Waals surface area contributed by atoms with Crippen LogP contribution in [0.5, 0.6) is 5.75 Å². The fraction of sp³-hybridized carbons (Fsp3) is 0.188. The number of carboxylic acid groups (broad SMARTS) is 1. The number of carboxylic acids is 1. The molecule has 2 rings (SSSR count). The van der Waals surface area contributed by atoms with E-state index in [2.05, 4.69) is 0 Å². The zero-order chi connectivity index (χ0) is 15.1. The maximum Gasteiger partial charge on any atom is 0.337 e. The van der Waals surface area contributed by atoms with Gasteiger partial charge < -0.3 is 9.84 Å². The Morgan fingerprint density at radius 2 is 1.95 bits per heavy atom. The summed E-state index contributed by atoms with van der Waals surface area (Å²) >= 11 is 7.43. The van der Waals surface area contributed by atoms with Crippen LogP contribution in [0, 0.1) is 0 Å². The van der Waals surface area contributed by atoms with E-state index >= 15 is 0 Å². The van der Waals surface area contributed by atoms with E-state index in [1.807, 2.05) is 36.4 Å². The van der Waals surface area contributed by atoms with Crippen LogP contribution in [0.1, 0.15) is 16.8 Å². The van der Waals surface area contributed by atoms with Gasteiger partial charge in [-0.05, 0) is 36.8 Å². The summed E-state index contributed by atoms with van der Waals surface area (Å²) in [6.07, 6.45) is 0.880. The lowest BCUT2D eigenvalue weighted by atomic mass is 10.2. The summed E-state index contributed by atoms with van der Waals surface area (Å²) in [7, 11) is 0. The molecule has 0 fully saturated rings. The molecule has 3 nitrogen and oxygen atoms in total. The number of aromatic carboxylic acids is 1. The third-order valence-corrected chi connectivity index (χ3v) is 4.15. The number of halogens is 1. The Balaban J connectivity index is 1.76. The molecule has 0 saturated carbocycles. The van der Waals surface area contributed by atoms with Gasteiger partial charge >= 0.3 is 5.97 Å². The Bertz CT molecular complexity index is 602. The standard InChI is InChI=1S/C16H15ClO3S/c17-15-8-7-13(11-14(15)16(18)19)21-10-4-9-20-12-5-2-1-3-6-12/h1-3,5-8,11H,4,9-10H2,(H,18,19). The molecule has 2 aromatic rings. The highest BCUT2D eigenvalue weighted by Crippen LogP contribution is 2.25. The van der Waals surface area contributed by atoms with E-state index < -0.39 is 5.97 Å². The van der Waals surface area contributed by atoms with Crippen LogP contribution in [0.2, 0.25) is 5.02 Å². The second-order valence-electron chi connectivity index (χ2n) is 4.31. The van der Waals surface area contributed by atoms with Crippen molar-refractivity contribution >= 4 is 29.3 Å². The van der Waals surface area contributed by atoms with Crippen LogP contribution in [-0.2, 0) is 0 Å². The molecule has 21 heavy (non-hydrogen) atoms. The summed E-state index contributed by atoms with van der Waals surface area (Å²) in [5, 5.41) is 9.28. The second-order valence-corrected chi connectivity index (χ2v) is 5.89. The number of thioether (sulfide) groups is 1. The van der Waals surface area contributed by atoms with Gasteiger partial charge in [-0.3, -0.25) is 0 Å². The number of hydrogen-bond donors (Lipinski definition) is 1. The van der Waals surface area contributed by atoms with E-state index in [0.717, 1.165) is 22.8 Å². The Labute approximate surface area is 132 Å². The fourth-order valence-corrected chi connectivity index (χ4v) is 2.78. The SMILES string of the molecule is O=C(O)c1cc(SCCCOc2ccccc2)ccc1Cl. The van der Waals surface area contributed by atoms with Crippen LogP contribution >= 0.6 is 23.4 Å². The third-order valence-electron chi connectivity index (χ3n) is 2.74. The van der Waals surface area contributed by atoms with Crippen molar-refractivity contribution in [3.8, 4) is 5.75 Å². The smallest absolute Gasteiger partial charge is 0.337 e. The van der Waals surface area contributed by atoms with Crippen LogP contribution < -0.4 is 4.74 Å². The quantitative estimate of drug-likeness (QED) is 0.598. The lowest BCUT2D eigenvalue weighted by molar-refractivity contribution is 0.0697. The third kappa shape index (κ3) is 4.99. The highest BCUT2D eigenvalue weighted by Gasteiger charge is 2.09. The number of rotatable bonds is 7. The van der Waals surface area contributed by atoms with Gasteiger partial charge in [0.15, 0.2) is 0 Å². The summed E-state index contributed by atoms with van der Waals surface area (Å²) in [6.45, 7) is 0.635. The molecule has 0 spiro atoms. The molecule has 0 aliphatic heterocycles. The van der Waals surface area contributed by atoms with E-state index in [1.165, 1.54) is 0 Å². The molecule has 1 N–H and O–H groups in total. The van der Waals surface area contributed by atoms with E-state index in [0.29, 0.717) is 6.61 Å². The molecular formula is C16H15ClO3S. The van der Waals surface area contributed by atoms with Crippen LogP contribution in [0.25, 0.3) is 0 Å². The van der Waals surface area contributed by atoms with Crippen molar-refractivity contribution in [1.82, 2.24) is 0 Å². The van der Waals surface area contributed by atoms with Gasteiger partial charge in [-0.25, -0.2) is 4.79 Å². The minimum atomic E-state index is -1.00. The molecule has 0 radical (unpaired) electrons. The molecular weight excluding hydrogens is 308 g/mol. The van der Waals surface area contributed by atoms with Crippen molar-refractivity contribution < 1.29 is 14.6 Å². The molecule has 0 atom stereocenters. The monoisotopic (exact) mass is 322 g/mol. The molecule has 5 heteroatoms. The summed E-state index contributed by atoms with van der Waals surface area (Å²) in [4.78, 5) is 11.9. The fourth-order valence-electron chi connectivity index (χ4n) is 1.71. The van der Waals surface area contributed by atoms with Gasteiger partial charge in [0, 0.05) is 10.6 Å². The number of ether oxygens (including phenoxy) is 1. The first kappa shape index (κ1) is 15.7. The van der Waals surface area contributed by atoms with E-state index in [4.69, 9.17) is 21.4 Å². The molecule has 0 aromatic heterocycles. The highest BCUT2D eigenvalue weighted by atomic mass is 35.5. The predicted octanol–water partition coefficient (Wildman–Crippen LogP) is 4.60. The van der Waals surface area contributed by atoms with Crippen molar-refractivity contribution in [2.75, 3.05) is 12.4 Å². The molecule has 0 aliphatic rings. The first-order valence-corrected chi connectivity index (χ1v) is 7.86. The number of benzene rings is 2. The molecule has 0 heterocycles. The van der Waals surface area contributed by atoms with Crippen LogP contribution in [-0.4, -0.2) is 23.4 Å². The number of hydrogen-bond acceptors (Lipinski definition) is 3. The molecule has 2 aromatic carbocycles. The highest BCUT2D eigenvalue weighted by molar-refractivity contribution is 7.99. The normalized spacial score (nSPS) is 10.3. The Hall–Kier alpha value is -1.65. The van der Waals surface area contributed by atoms with E-state index in [1.54, 1.807) is 23.9 Å².